The van der Waals surface area contributed by atoms with E-state index in [0.29, 0.717) is 25.2 Å². The number of benzene rings is 2. The van der Waals surface area contributed by atoms with Gasteiger partial charge in [-0.2, -0.15) is 5.10 Å². The minimum atomic E-state index is -0.430. The fraction of sp³-hybridized carbons (Fsp3) is 0.391. The zero-order valence-corrected chi connectivity index (χ0v) is 16.9. The van der Waals surface area contributed by atoms with Crippen LogP contribution >= 0.6 is 0 Å². The smallest absolute Gasteiger partial charge is 0.257 e. The topological polar surface area (TPSA) is 45.1 Å². The fourth-order valence-corrected chi connectivity index (χ4v) is 4.05. The van der Waals surface area contributed by atoms with Crippen molar-refractivity contribution in [3.63, 3.8) is 0 Å². The van der Waals surface area contributed by atoms with Crippen molar-refractivity contribution in [1.29, 1.82) is 0 Å². The molecular weight excluding hydrogens is 369 g/mol. The second-order valence-corrected chi connectivity index (χ2v) is 7.73. The first-order valence-electron chi connectivity index (χ1n) is 10.0. The molecule has 0 aromatic heterocycles. The van der Waals surface area contributed by atoms with Crippen molar-refractivity contribution in [2.24, 2.45) is 5.10 Å². The quantitative estimate of drug-likeness (QED) is 0.797. The van der Waals surface area contributed by atoms with Crippen LogP contribution in [-0.4, -0.2) is 54.4 Å². The highest BCUT2D eigenvalue weighted by molar-refractivity contribution is 6.04. The van der Waals surface area contributed by atoms with Crippen molar-refractivity contribution >= 4 is 11.6 Å². The third-order valence-electron chi connectivity index (χ3n) is 5.59. The van der Waals surface area contributed by atoms with Gasteiger partial charge in [0, 0.05) is 30.6 Å². The van der Waals surface area contributed by atoms with Crippen molar-refractivity contribution in [2.75, 3.05) is 32.8 Å². The molecule has 1 unspecified atom stereocenters. The molecule has 6 heteroatoms. The highest BCUT2D eigenvalue weighted by Gasteiger charge is 2.35. The first-order chi connectivity index (χ1) is 14.0. The average Bonchev–Trinajstić information content (AvgIpc) is 3.14. The number of hydrazone groups is 1. The molecule has 1 amide bonds. The fourth-order valence-electron chi connectivity index (χ4n) is 4.05. The van der Waals surface area contributed by atoms with Gasteiger partial charge in [0.05, 0.1) is 31.5 Å². The van der Waals surface area contributed by atoms with Crippen molar-refractivity contribution in [3.8, 4) is 0 Å². The number of hydrogen-bond acceptors (Lipinski definition) is 4. The molecule has 0 bridgehead atoms. The third kappa shape index (κ3) is 4.23. The van der Waals surface area contributed by atoms with Gasteiger partial charge in [-0.3, -0.25) is 9.69 Å². The van der Waals surface area contributed by atoms with E-state index in [1.165, 1.54) is 16.6 Å². The summed E-state index contributed by atoms with van der Waals surface area (Å²) in [4.78, 5) is 15.2. The van der Waals surface area contributed by atoms with Crippen molar-refractivity contribution in [2.45, 2.75) is 26.3 Å². The van der Waals surface area contributed by atoms with E-state index in [-0.39, 0.29) is 18.3 Å². The Labute approximate surface area is 170 Å². The van der Waals surface area contributed by atoms with Crippen molar-refractivity contribution in [3.05, 3.63) is 70.5 Å². The van der Waals surface area contributed by atoms with Crippen LogP contribution in [0.25, 0.3) is 0 Å². The van der Waals surface area contributed by atoms with Crippen LogP contribution in [0.5, 0.6) is 0 Å². The van der Waals surface area contributed by atoms with Crippen molar-refractivity contribution in [1.82, 2.24) is 9.91 Å². The highest BCUT2D eigenvalue weighted by atomic mass is 19.1. The maximum Gasteiger partial charge on any atom is 0.257 e. The summed E-state index contributed by atoms with van der Waals surface area (Å²) in [5.41, 5.74) is 4.63. The predicted octanol–water partition coefficient (Wildman–Crippen LogP) is 3.45. The van der Waals surface area contributed by atoms with E-state index in [1.54, 1.807) is 18.2 Å². The first-order valence-corrected chi connectivity index (χ1v) is 10.0. The van der Waals surface area contributed by atoms with Crippen LogP contribution in [0.4, 0.5) is 4.39 Å². The zero-order valence-electron chi connectivity index (χ0n) is 16.9. The standard InChI is InChI=1S/C23H26FN3O2/c1-16-7-8-18(17(2)13-16)21-14-22(19-5-3-4-6-20(19)24)27(25-21)23(28)15-26-9-11-29-12-10-26/h3-8,13,22H,9-12,14-15H2,1-2H3. The van der Waals surface area contributed by atoms with Crippen LogP contribution in [0.3, 0.4) is 0 Å². The Morgan fingerprint density at radius 3 is 2.66 bits per heavy atom. The normalized spacial score (nSPS) is 20.0. The molecule has 0 aliphatic carbocycles. The van der Waals surface area contributed by atoms with Gasteiger partial charge in [0.25, 0.3) is 5.91 Å². The minimum absolute atomic E-state index is 0.111. The monoisotopic (exact) mass is 395 g/mol. The summed E-state index contributed by atoms with van der Waals surface area (Å²) >= 11 is 0. The van der Waals surface area contributed by atoms with E-state index in [2.05, 4.69) is 16.1 Å². The van der Waals surface area contributed by atoms with Crippen LogP contribution in [0, 0.1) is 19.7 Å². The molecular formula is C23H26FN3O2. The second-order valence-electron chi connectivity index (χ2n) is 7.73. The van der Waals surface area contributed by atoms with Gasteiger partial charge in [0.15, 0.2) is 0 Å². The van der Waals surface area contributed by atoms with Gasteiger partial charge >= 0.3 is 0 Å². The lowest BCUT2D eigenvalue weighted by Gasteiger charge is -2.29. The van der Waals surface area contributed by atoms with Crippen LogP contribution in [0.2, 0.25) is 0 Å². The van der Waals surface area contributed by atoms with Gasteiger partial charge in [-0.1, -0.05) is 42.0 Å². The Bertz CT molecular complexity index is 937. The largest absolute Gasteiger partial charge is 0.379 e. The molecule has 0 radical (unpaired) electrons. The Morgan fingerprint density at radius 1 is 1.17 bits per heavy atom. The molecule has 2 aliphatic heterocycles. The Morgan fingerprint density at radius 2 is 1.93 bits per heavy atom. The number of amides is 1. The molecule has 1 atom stereocenters. The van der Waals surface area contributed by atoms with Gasteiger partial charge in [-0.15, -0.1) is 0 Å². The third-order valence-corrected chi connectivity index (χ3v) is 5.59. The Balaban J connectivity index is 1.65. The lowest BCUT2D eigenvalue weighted by atomic mass is 9.95. The van der Waals surface area contributed by atoms with Gasteiger partial charge in [0.1, 0.15) is 5.82 Å². The van der Waals surface area contributed by atoms with Gasteiger partial charge in [-0.25, -0.2) is 9.40 Å². The minimum Gasteiger partial charge on any atom is -0.379 e. The molecule has 0 saturated carbocycles. The predicted molar refractivity (Wildman–Crippen MR) is 110 cm³/mol. The van der Waals surface area contributed by atoms with Gasteiger partial charge in [-0.05, 0) is 25.5 Å². The van der Waals surface area contributed by atoms with Gasteiger partial charge in [0.2, 0.25) is 0 Å². The highest BCUT2D eigenvalue weighted by Crippen LogP contribution is 2.35. The van der Waals surface area contributed by atoms with Crippen LogP contribution in [-0.2, 0) is 9.53 Å². The number of morpholine rings is 1. The molecule has 1 saturated heterocycles. The Hall–Kier alpha value is -2.57. The summed E-state index contributed by atoms with van der Waals surface area (Å²) in [6, 6.07) is 12.4. The summed E-state index contributed by atoms with van der Waals surface area (Å²) in [6.45, 7) is 7.05. The van der Waals surface area contributed by atoms with E-state index in [9.17, 15) is 9.18 Å². The zero-order chi connectivity index (χ0) is 20.4. The molecule has 152 valence electrons. The number of aryl methyl sites for hydroxylation is 2. The molecule has 5 nitrogen and oxygen atoms in total. The molecule has 4 rings (SSSR count). The number of carbonyl (C=O) groups is 1. The molecule has 2 heterocycles. The molecule has 1 fully saturated rings. The number of halogens is 1. The molecule has 2 aromatic rings. The maximum atomic E-state index is 14.6. The first kappa shape index (κ1) is 19.7. The second kappa shape index (κ2) is 8.43. The van der Waals surface area contributed by atoms with Crippen LogP contribution in [0.1, 0.15) is 34.7 Å². The van der Waals surface area contributed by atoms with E-state index in [0.717, 1.165) is 29.9 Å². The number of ether oxygens (including phenoxy) is 1. The SMILES string of the molecule is Cc1ccc(C2=NN(C(=O)CN3CCOCC3)C(c3ccccc3F)C2)c(C)c1. The van der Waals surface area contributed by atoms with E-state index in [1.807, 2.05) is 26.0 Å². The lowest BCUT2D eigenvalue weighted by molar-refractivity contribution is -0.135. The summed E-state index contributed by atoms with van der Waals surface area (Å²) in [7, 11) is 0. The van der Waals surface area contributed by atoms with Crippen molar-refractivity contribution < 1.29 is 13.9 Å². The molecule has 0 N–H and O–H groups in total. The number of nitrogens with zero attached hydrogens (tertiary/aromatic N) is 3. The summed E-state index contributed by atoms with van der Waals surface area (Å²) in [5.74, 6) is -0.418. The number of hydrogen-bond donors (Lipinski definition) is 0. The molecule has 2 aliphatic rings. The molecule has 2 aromatic carbocycles. The number of rotatable bonds is 4. The van der Waals surface area contributed by atoms with Gasteiger partial charge < -0.3 is 4.74 Å². The maximum absolute atomic E-state index is 14.6. The van der Waals surface area contributed by atoms with Crippen LogP contribution in [0.15, 0.2) is 47.6 Å². The molecule has 0 spiro atoms. The van der Waals surface area contributed by atoms with E-state index < -0.39 is 6.04 Å². The lowest BCUT2D eigenvalue weighted by Crippen LogP contribution is -2.43. The summed E-state index contributed by atoms with van der Waals surface area (Å²) in [6.07, 6.45) is 0.500. The number of carbonyl (C=O) groups excluding carboxylic acids is 1. The summed E-state index contributed by atoms with van der Waals surface area (Å²) in [5, 5.41) is 6.18. The summed E-state index contributed by atoms with van der Waals surface area (Å²) < 4.78 is 19.9. The van der Waals surface area contributed by atoms with Crippen LogP contribution < -0.4 is 0 Å². The Kier molecular flexibility index (Phi) is 5.74. The van der Waals surface area contributed by atoms with E-state index in [4.69, 9.17) is 4.74 Å². The average molecular weight is 395 g/mol. The van der Waals surface area contributed by atoms with E-state index >= 15 is 0 Å². The molecule has 29 heavy (non-hydrogen) atoms.